The summed E-state index contributed by atoms with van der Waals surface area (Å²) in [5, 5.41) is 0. The summed E-state index contributed by atoms with van der Waals surface area (Å²) < 4.78 is 1.03. The van der Waals surface area contributed by atoms with Gasteiger partial charge in [-0.05, 0) is 18.1 Å². The van der Waals surface area contributed by atoms with Crippen molar-refractivity contribution >= 4 is 21.8 Å². The third kappa shape index (κ3) is 3.82. The minimum Gasteiger partial charge on any atom is -0.341 e. The van der Waals surface area contributed by atoms with E-state index in [0.717, 1.165) is 16.5 Å². The fourth-order valence-electron chi connectivity index (χ4n) is 1.71. The van der Waals surface area contributed by atoms with E-state index < -0.39 is 0 Å². The van der Waals surface area contributed by atoms with Gasteiger partial charge in [-0.1, -0.05) is 41.1 Å². The van der Waals surface area contributed by atoms with Gasteiger partial charge in [-0.3, -0.25) is 4.79 Å². The number of nitrogens with two attached hydrogens (primary N) is 1. The van der Waals surface area contributed by atoms with E-state index in [0.29, 0.717) is 13.1 Å². The molecule has 2 N–H and O–H groups in total. The molecule has 1 amide bonds. The molecule has 1 aromatic rings. The maximum atomic E-state index is 12.1. The molecular weight excluding hydrogens is 280 g/mol. The number of hydrogen-bond donors (Lipinski definition) is 1. The van der Waals surface area contributed by atoms with Gasteiger partial charge in [0.1, 0.15) is 0 Å². The van der Waals surface area contributed by atoms with E-state index in [1.807, 2.05) is 38.2 Å². The molecule has 1 aromatic carbocycles. The minimum absolute atomic E-state index is 0.0671. The van der Waals surface area contributed by atoms with Crippen molar-refractivity contribution in [2.24, 2.45) is 11.7 Å². The Morgan fingerprint density at radius 2 is 2.12 bits per heavy atom. The zero-order chi connectivity index (χ0) is 12.8. The Morgan fingerprint density at radius 3 is 2.65 bits per heavy atom. The third-order valence-electron chi connectivity index (χ3n) is 2.87. The molecule has 0 aliphatic heterocycles. The van der Waals surface area contributed by atoms with Crippen molar-refractivity contribution in [2.75, 3.05) is 13.6 Å². The molecule has 0 aromatic heterocycles. The van der Waals surface area contributed by atoms with Crippen LogP contribution >= 0.6 is 15.9 Å². The molecule has 0 aliphatic rings. The normalized spacial score (nSPS) is 12.2. The van der Waals surface area contributed by atoms with Gasteiger partial charge in [-0.2, -0.15) is 0 Å². The van der Waals surface area contributed by atoms with E-state index >= 15 is 0 Å². The Morgan fingerprint density at radius 1 is 1.47 bits per heavy atom. The van der Waals surface area contributed by atoms with E-state index in [4.69, 9.17) is 5.73 Å². The number of benzene rings is 1. The lowest BCUT2D eigenvalue weighted by Gasteiger charge is -2.22. The van der Waals surface area contributed by atoms with Gasteiger partial charge in [0.15, 0.2) is 0 Å². The summed E-state index contributed by atoms with van der Waals surface area (Å²) in [6, 6.07) is 7.92. The second-order valence-corrected chi connectivity index (χ2v) is 4.98. The summed E-state index contributed by atoms with van der Waals surface area (Å²) in [6.45, 7) is 3.01. The van der Waals surface area contributed by atoms with Crippen LogP contribution in [0.3, 0.4) is 0 Å². The molecule has 0 fully saturated rings. The second kappa shape index (κ2) is 6.77. The summed E-state index contributed by atoms with van der Waals surface area (Å²) in [6.07, 6.45) is 0.787. The largest absolute Gasteiger partial charge is 0.341 e. The molecule has 1 unspecified atom stereocenters. The van der Waals surface area contributed by atoms with Crippen molar-refractivity contribution < 1.29 is 4.79 Å². The van der Waals surface area contributed by atoms with Crippen LogP contribution in [0.25, 0.3) is 0 Å². The van der Waals surface area contributed by atoms with Gasteiger partial charge >= 0.3 is 0 Å². The first-order valence-corrected chi connectivity index (χ1v) is 6.57. The van der Waals surface area contributed by atoms with E-state index in [1.165, 1.54) is 0 Å². The zero-order valence-corrected chi connectivity index (χ0v) is 11.9. The first kappa shape index (κ1) is 14.2. The van der Waals surface area contributed by atoms with Gasteiger partial charge in [-0.15, -0.1) is 0 Å². The van der Waals surface area contributed by atoms with Gasteiger partial charge in [0, 0.05) is 24.6 Å². The second-order valence-electron chi connectivity index (χ2n) is 4.13. The monoisotopic (exact) mass is 298 g/mol. The molecule has 0 saturated heterocycles. The maximum absolute atomic E-state index is 12.1. The van der Waals surface area contributed by atoms with Crippen LogP contribution in [0.1, 0.15) is 18.9 Å². The number of hydrogen-bond acceptors (Lipinski definition) is 2. The highest BCUT2D eigenvalue weighted by molar-refractivity contribution is 9.10. The Kier molecular flexibility index (Phi) is 5.65. The summed E-state index contributed by atoms with van der Waals surface area (Å²) >= 11 is 3.48. The summed E-state index contributed by atoms with van der Waals surface area (Å²) in [4.78, 5) is 13.8. The van der Waals surface area contributed by atoms with E-state index in [9.17, 15) is 4.79 Å². The molecule has 1 rings (SSSR count). The first-order chi connectivity index (χ1) is 8.10. The van der Waals surface area contributed by atoms with Crippen molar-refractivity contribution in [3.8, 4) is 0 Å². The quantitative estimate of drug-likeness (QED) is 0.907. The molecule has 0 spiro atoms. The highest BCUT2D eigenvalue weighted by Crippen LogP contribution is 2.18. The first-order valence-electron chi connectivity index (χ1n) is 5.78. The number of carbonyl (C=O) groups excluding carboxylic acids is 1. The third-order valence-corrected chi connectivity index (χ3v) is 3.64. The van der Waals surface area contributed by atoms with Crippen LogP contribution in [0.5, 0.6) is 0 Å². The van der Waals surface area contributed by atoms with Gasteiger partial charge in [0.25, 0.3) is 0 Å². The molecule has 0 bridgehead atoms. The number of nitrogens with zero attached hydrogens (tertiary/aromatic N) is 1. The highest BCUT2D eigenvalue weighted by atomic mass is 79.9. The number of amides is 1. The van der Waals surface area contributed by atoms with Crippen LogP contribution < -0.4 is 5.73 Å². The predicted octanol–water partition coefficient (Wildman–Crippen LogP) is 2.39. The molecule has 1 atom stereocenters. The Hall–Kier alpha value is -0.870. The number of rotatable bonds is 5. The van der Waals surface area contributed by atoms with Crippen molar-refractivity contribution in [2.45, 2.75) is 19.9 Å². The molecule has 0 radical (unpaired) electrons. The Balaban J connectivity index is 2.69. The van der Waals surface area contributed by atoms with Gasteiger partial charge in [-0.25, -0.2) is 0 Å². The minimum atomic E-state index is -0.0671. The fourth-order valence-corrected chi connectivity index (χ4v) is 2.12. The summed E-state index contributed by atoms with van der Waals surface area (Å²) in [7, 11) is 1.82. The predicted molar refractivity (Wildman–Crippen MR) is 73.5 cm³/mol. The van der Waals surface area contributed by atoms with E-state index in [-0.39, 0.29) is 11.8 Å². The van der Waals surface area contributed by atoms with Crippen LogP contribution in [-0.2, 0) is 11.3 Å². The zero-order valence-electron chi connectivity index (χ0n) is 10.3. The van der Waals surface area contributed by atoms with Gasteiger partial charge in [0.2, 0.25) is 5.91 Å². The average molecular weight is 299 g/mol. The van der Waals surface area contributed by atoms with Gasteiger partial charge < -0.3 is 10.6 Å². The van der Waals surface area contributed by atoms with Crippen LogP contribution in [0, 0.1) is 5.92 Å². The van der Waals surface area contributed by atoms with E-state index in [1.54, 1.807) is 4.90 Å². The SMILES string of the molecule is CCC(CN)C(=O)N(C)Cc1ccccc1Br. The molecule has 0 aliphatic carbocycles. The van der Waals surface area contributed by atoms with Crippen molar-refractivity contribution in [3.05, 3.63) is 34.3 Å². The lowest BCUT2D eigenvalue weighted by Crippen LogP contribution is -2.36. The lowest BCUT2D eigenvalue weighted by atomic mass is 10.1. The molecule has 0 saturated carbocycles. The fraction of sp³-hybridized carbons (Fsp3) is 0.462. The molecule has 3 nitrogen and oxygen atoms in total. The molecular formula is C13H19BrN2O. The molecule has 4 heteroatoms. The van der Waals surface area contributed by atoms with Crippen molar-refractivity contribution in [3.63, 3.8) is 0 Å². The number of carbonyl (C=O) groups is 1. The van der Waals surface area contributed by atoms with Gasteiger partial charge in [0.05, 0.1) is 5.92 Å². The lowest BCUT2D eigenvalue weighted by molar-refractivity contribution is -0.134. The summed E-state index contributed by atoms with van der Waals surface area (Å²) in [5.41, 5.74) is 6.70. The number of halogens is 1. The van der Waals surface area contributed by atoms with Crippen LogP contribution in [0.2, 0.25) is 0 Å². The topological polar surface area (TPSA) is 46.3 Å². The average Bonchev–Trinajstić information content (AvgIpc) is 2.33. The molecule has 0 heterocycles. The smallest absolute Gasteiger partial charge is 0.226 e. The van der Waals surface area contributed by atoms with Crippen molar-refractivity contribution in [1.82, 2.24) is 4.90 Å². The Labute approximate surface area is 111 Å². The standard InChI is InChI=1S/C13H19BrN2O/c1-3-10(8-15)13(17)16(2)9-11-6-4-5-7-12(11)14/h4-7,10H,3,8-9,15H2,1-2H3. The Bertz CT molecular complexity index is 377. The van der Waals surface area contributed by atoms with Crippen molar-refractivity contribution in [1.29, 1.82) is 0 Å². The van der Waals surface area contributed by atoms with Crippen LogP contribution in [0.4, 0.5) is 0 Å². The van der Waals surface area contributed by atoms with Crippen LogP contribution in [-0.4, -0.2) is 24.4 Å². The molecule has 17 heavy (non-hydrogen) atoms. The van der Waals surface area contributed by atoms with E-state index in [2.05, 4.69) is 15.9 Å². The maximum Gasteiger partial charge on any atom is 0.226 e. The highest BCUT2D eigenvalue weighted by Gasteiger charge is 2.19. The molecule has 94 valence electrons. The summed E-state index contributed by atoms with van der Waals surface area (Å²) in [5.74, 6) is 0.0493. The van der Waals surface area contributed by atoms with Crippen LogP contribution in [0.15, 0.2) is 28.7 Å².